The minimum atomic E-state index is 0.693. The molecule has 5 heteroatoms. The number of para-hydroxylation sites is 3. The van der Waals surface area contributed by atoms with Gasteiger partial charge in [0.15, 0.2) is 0 Å². The Morgan fingerprint density at radius 3 is 2.57 bits per heavy atom. The molecular formula is C25H23ClN4. The Labute approximate surface area is 180 Å². The lowest BCUT2D eigenvalue weighted by atomic mass is 10.1. The molecule has 2 N–H and O–H groups in total. The van der Waals surface area contributed by atoms with Crippen molar-refractivity contribution in [1.29, 1.82) is 0 Å². The number of nitrogens with zero attached hydrogens (tertiary/aromatic N) is 2. The number of benzene rings is 3. The van der Waals surface area contributed by atoms with Crippen molar-refractivity contribution in [2.45, 2.75) is 26.6 Å². The lowest BCUT2D eigenvalue weighted by Gasteiger charge is -2.11. The van der Waals surface area contributed by atoms with E-state index in [0.29, 0.717) is 6.54 Å². The van der Waals surface area contributed by atoms with E-state index >= 15 is 0 Å². The van der Waals surface area contributed by atoms with Crippen LogP contribution in [0, 0.1) is 6.92 Å². The van der Waals surface area contributed by atoms with Crippen LogP contribution in [-0.4, -0.2) is 14.5 Å². The van der Waals surface area contributed by atoms with Gasteiger partial charge in [-0.05, 0) is 42.3 Å². The highest BCUT2D eigenvalue weighted by Crippen LogP contribution is 2.28. The van der Waals surface area contributed by atoms with Gasteiger partial charge in [0.2, 0.25) is 0 Å². The highest BCUT2D eigenvalue weighted by molar-refractivity contribution is 6.31. The summed E-state index contributed by atoms with van der Waals surface area (Å²) in [5.74, 6) is 0.952. The molecule has 0 aliphatic carbocycles. The first-order valence-electron chi connectivity index (χ1n) is 10.1. The lowest BCUT2D eigenvalue weighted by Crippen LogP contribution is -2.14. The van der Waals surface area contributed by atoms with Crippen molar-refractivity contribution in [3.05, 3.63) is 100 Å². The van der Waals surface area contributed by atoms with Crippen LogP contribution in [0.1, 0.15) is 22.6 Å². The molecule has 150 valence electrons. The summed E-state index contributed by atoms with van der Waals surface area (Å²) in [6.07, 6.45) is 0. The summed E-state index contributed by atoms with van der Waals surface area (Å²) in [7, 11) is 0. The fraction of sp³-hybridized carbons (Fsp3) is 0.160. The van der Waals surface area contributed by atoms with Gasteiger partial charge in [0.05, 0.1) is 17.6 Å². The predicted molar refractivity (Wildman–Crippen MR) is 124 cm³/mol. The van der Waals surface area contributed by atoms with Gasteiger partial charge in [-0.1, -0.05) is 60.1 Å². The highest BCUT2D eigenvalue weighted by atomic mass is 35.5. The second kappa shape index (κ2) is 7.98. The number of aromatic nitrogens is 3. The summed E-state index contributed by atoms with van der Waals surface area (Å²) < 4.78 is 2.36. The van der Waals surface area contributed by atoms with E-state index in [1.807, 2.05) is 36.4 Å². The van der Waals surface area contributed by atoms with Gasteiger partial charge in [-0.3, -0.25) is 0 Å². The molecule has 0 aliphatic heterocycles. The molecule has 0 saturated carbocycles. The molecule has 0 aliphatic rings. The average molecular weight is 415 g/mol. The number of rotatable bonds is 6. The average Bonchev–Trinajstić information content (AvgIpc) is 3.29. The second-order valence-electron chi connectivity index (χ2n) is 7.56. The Morgan fingerprint density at radius 2 is 1.70 bits per heavy atom. The number of hydrogen-bond donors (Lipinski definition) is 2. The van der Waals surface area contributed by atoms with Gasteiger partial charge in [0, 0.05) is 34.7 Å². The first kappa shape index (κ1) is 18.9. The molecular weight excluding hydrogens is 392 g/mol. The van der Waals surface area contributed by atoms with Crippen molar-refractivity contribution in [3.63, 3.8) is 0 Å². The summed E-state index contributed by atoms with van der Waals surface area (Å²) in [6, 6.07) is 24.8. The van der Waals surface area contributed by atoms with E-state index in [4.69, 9.17) is 11.6 Å². The molecule has 5 rings (SSSR count). The van der Waals surface area contributed by atoms with Gasteiger partial charge in [0.1, 0.15) is 5.82 Å². The monoisotopic (exact) mass is 414 g/mol. The van der Waals surface area contributed by atoms with Gasteiger partial charge in [-0.25, -0.2) is 4.98 Å². The normalized spacial score (nSPS) is 11.5. The zero-order valence-electron chi connectivity index (χ0n) is 16.8. The Hall–Kier alpha value is -3.08. The Balaban J connectivity index is 1.41. The summed E-state index contributed by atoms with van der Waals surface area (Å²) in [4.78, 5) is 8.05. The van der Waals surface area contributed by atoms with Crippen LogP contribution >= 0.6 is 11.6 Å². The van der Waals surface area contributed by atoms with Crippen LogP contribution in [0.4, 0.5) is 0 Å². The van der Waals surface area contributed by atoms with Crippen molar-refractivity contribution < 1.29 is 0 Å². The third kappa shape index (κ3) is 3.49. The smallest absolute Gasteiger partial charge is 0.121 e. The van der Waals surface area contributed by atoms with Crippen LogP contribution in [0.25, 0.3) is 21.9 Å². The number of fused-ring (bicyclic) bond motifs is 2. The molecule has 3 aromatic carbocycles. The zero-order valence-corrected chi connectivity index (χ0v) is 17.6. The van der Waals surface area contributed by atoms with Crippen LogP contribution in [0.2, 0.25) is 5.02 Å². The van der Waals surface area contributed by atoms with Crippen LogP contribution in [0.5, 0.6) is 0 Å². The fourth-order valence-corrected chi connectivity index (χ4v) is 4.32. The fourth-order valence-electron chi connectivity index (χ4n) is 4.12. The summed E-state index contributed by atoms with van der Waals surface area (Å²) in [5, 5.41) is 5.65. The van der Waals surface area contributed by atoms with Crippen molar-refractivity contribution >= 4 is 33.5 Å². The molecule has 2 heterocycles. The number of H-pyrrole nitrogens is 1. The molecule has 0 amide bonds. The van der Waals surface area contributed by atoms with Crippen molar-refractivity contribution in [2.24, 2.45) is 0 Å². The molecule has 0 radical (unpaired) electrons. The first-order valence-corrected chi connectivity index (χ1v) is 10.5. The summed E-state index contributed by atoms with van der Waals surface area (Å²) >= 11 is 6.43. The largest absolute Gasteiger partial charge is 0.341 e. The third-order valence-electron chi connectivity index (χ3n) is 5.68. The minimum absolute atomic E-state index is 0.693. The molecule has 4 nitrogen and oxygen atoms in total. The van der Waals surface area contributed by atoms with Crippen molar-refractivity contribution in [1.82, 2.24) is 19.9 Å². The third-order valence-corrected chi connectivity index (χ3v) is 6.05. The lowest BCUT2D eigenvalue weighted by molar-refractivity contribution is 0.665. The summed E-state index contributed by atoms with van der Waals surface area (Å²) in [5.41, 5.74) is 7.01. The molecule has 30 heavy (non-hydrogen) atoms. The highest BCUT2D eigenvalue weighted by Gasteiger charge is 2.14. The Bertz CT molecular complexity index is 1300. The Morgan fingerprint density at radius 1 is 0.933 bits per heavy atom. The molecule has 0 spiro atoms. The van der Waals surface area contributed by atoms with E-state index in [1.165, 1.54) is 22.2 Å². The molecule has 0 bridgehead atoms. The number of halogens is 1. The molecule has 2 aromatic heterocycles. The quantitative estimate of drug-likeness (QED) is 0.368. The van der Waals surface area contributed by atoms with Crippen LogP contribution in [0.15, 0.2) is 72.8 Å². The number of imidazole rings is 1. The van der Waals surface area contributed by atoms with Crippen LogP contribution in [-0.2, 0) is 19.6 Å². The topological polar surface area (TPSA) is 45.6 Å². The molecule has 0 saturated heterocycles. The first-order chi connectivity index (χ1) is 14.7. The van der Waals surface area contributed by atoms with Crippen molar-refractivity contribution in [2.75, 3.05) is 0 Å². The van der Waals surface area contributed by atoms with E-state index in [9.17, 15) is 0 Å². The van der Waals surface area contributed by atoms with E-state index in [2.05, 4.69) is 63.2 Å². The maximum absolute atomic E-state index is 6.43. The zero-order chi connectivity index (χ0) is 20.5. The van der Waals surface area contributed by atoms with Gasteiger partial charge in [-0.15, -0.1) is 0 Å². The number of nitrogens with one attached hydrogen (secondary N) is 2. The SMILES string of the molecule is Cc1c(CNCc2nc3ccccc3[nH]2)c2ccccc2n1Cc1ccccc1Cl. The standard InChI is InChI=1S/C25H23ClN4/c1-17-20(14-27-15-25-28-22-11-5-6-12-23(22)29-25)19-9-3-7-13-24(19)30(17)16-18-8-2-4-10-21(18)26/h2-13,27H,14-16H2,1H3,(H,28,29). The minimum Gasteiger partial charge on any atom is -0.341 e. The van der Waals surface area contributed by atoms with E-state index in [-0.39, 0.29) is 0 Å². The van der Waals surface area contributed by atoms with E-state index in [0.717, 1.165) is 40.5 Å². The second-order valence-corrected chi connectivity index (χ2v) is 7.97. The summed E-state index contributed by atoms with van der Waals surface area (Å²) in [6.45, 7) is 4.42. The maximum Gasteiger partial charge on any atom is 0.121 e. The molecule has 0 unspecified atom stereocenters. The van der Waals surface area contributed by atoms with Gasteiger partial charge >= 0.3 is 0 Å². The number of aromatic amines is 1. The maximum atomic E-state index is 6.43. The van der Waals surface area contributed by atoms with Crippen molar-refractivity contribution in [3.8, 4) is 0 Å². The number of hydrogen-bond acceptors (Lipinski definition) is 2. The van der Waals surface area contributed by atoms with Crippen LogP contribution in [0.3, 0.4) is 0 Å². The van der Waals surface area contributed by atoms with Gasteiger partial charge in [-0.2, -0.15) is 0 Å². The molecule has 5 aromatic rings. The van der Waals surface area contributed by atoms with Crippen LogP contribution < -0.4 is 5.32 Å². The van der Waals surface area contributed by atoms with Gasteiger partial charge in [0.25, 0.3) is 0 Å². The van der Waals surface area contributed by atoms with E-state index in [1.54, 1.807) is 0 Å². The molecule has 0 atom stereocenters. The Kier molecular flexibility index (Phi) is 5.03. The van der Waals surface area contributed by atoms with E-state index < -0.39 is 0 Å². The predicted octanol–water partition coefficient (Wildman–Crippen LogP) is 5.82. The molecule has 0 fully saturated rings. The van der Waals surface area contributed by atoms with Gasteiger partial charge < -0.3 is 14.9 Å².